The topological polar surface area (TPSA) is 76.0 Å². The molecule has 1 rings (SSSR count). The Morgan fingerprint density at radius 1 is 1.33 bits per heavy atom. The van der Waals surface area contributed by atoms with Gasteiger partial charge in [-0.25, -0.2) is 4.79 Å². The highest BCUT2D eigenvalue weighted by Crippen LogP contribution is 2.28. The van der Waals surface area contributed by atoms with E-state index in [4.69, 9.17) is 14.6 Å². The van der Waals surface area contributed by atoms with Crippen molar-refractivity contribution in [2.24, 2.45) is 0 Å². The van der Waals surface area contributed by atoms with Crippen molar-refractivity contribution in [2.45, 2.75) is 32.7 Å². The van der Waals surface area contributed by atoms with Gasteiger partial charge in [0.15, 0.2) is 12.9 Å². The summed E-state index contributed by atoms with van der Waals surface area (Å²) < 4.78 is 10.5. The predicted octanol–water partition coefficient (Wildman–Crippen LogP) is 1.96. The molecule has 5 heteroatoms. The van der Waals surface area contributed by atoms with E-state index < -0.39 is 24.5 Å². The van der Waals surface area contributed by atoms with Crippen molar-refractivity contribution in [3.05, 3.63) is 29.8 Å². The van der Waals surface area contributed by atoms with Crippen molar-refractivity contribution in [3.63, 3.8) is 0 Å². The fraction of sp³-hybridized carbons (Fsp3) is 0.462. The Morgan fingerprint density at radius 2 is 1.94 bits per heavy atom. The fourth-order valence-corrected chi connectivity index (χ4v) is 1.35. The molecule has 5 nitrogen and oxygen atoms in total. The lowest BCUT2D eigenvalue weighted by molar-refractivity contribution is -0.170. The zero-order chi connectivity index (χ0) is 13.8. The summed E-state index contributed by atoms with van der Waals surface area (Å²) in [6, 6.07) is 6.64. The predicted molar refractivity (Wildman–Crippen MR) is 65.4 cm³/mol. The Balaban J connectivity index is 2.84. The van der Waals surface area contributed by atoms with E-state index in [9.17, 15) is 9.90 Å². The second-order valence-electron chi connectivity index (χ2n) is 4.80. The summed E-state index contributed by atoms with van der Waals surface area (Å²) in [4.78, 5) is 10.5. The number of hydrogen-bond acceptors (Lipinski definition) is 4. The number of benzene rings is 1. The molecular weight excluding hydrogens is 236 g/mol. The number of para-hydroxylation sites is 1. The number of aliphatic carboxylic acids is 1. The van der Waals surface area contributed by atoms with Gasteiger partial charge < -0.3 is 19.7 Å². The minimum absolute atomic E-state index is 0.302. The van der Waals surface area contributed by atoms with Gasteiger partial charge >= 0.3 is 5.97 Å². The molecule has 0 fully saturated rings. The molecular formula is C13H18O5. The molecule has 2 N–H and O–H groups in total. The van der Waals surface area contributed by atoms with Crippen LogP contribution in [0.25, 0.3) is 0 Å². The average molecular weight is 254 g/mol. The summed E-state index contributed by atoms with van der Waals surface area (Å²) in [5.41, 5.74) is -0.104. The summed E-state index contributed by atoms with van der Waals surface area (Å²) in [5, 5.41) is 18.5. The third-order valence-corrected chi connectivity index (χ3v) is 2.00. The zero-order valence-corrected chi connectivity index (χ0v) is 10.7. The largest absolute Gasteiger partial charge is 0.481 e. The number of rotatable bonds is 5. The Bertz CT molecular complexity index is 408. The first-order valence-electron chi connectivity index (χ1n) is 5.59. The summed E-state index contributed by atoms with van der Waals surface area (Å²) in [6.45, 7) is 4.99. The van der Waals surface area contributed by atoms with Gasteiger partial charge in [-0.05, 0) is 26.8 Å². The van der Waals surface area contributed by atoms with Crippen molar-refractivity contribution >= 4 is 5.97 Å². The number of ether oxygens (including phenoxy) is 2. The summed E-state index contributed by atoms with van der Waals surface area (Å²) in [7, 11) is 0. The number of aliphatic hydroxyl groups is 1. The number of carboxylic acids is 1. The molecule has 0 heterocycles. The average Bonchev–Trinajstić information content (AvgIpc) is 2.24. The minimum Gasteiger partial charge on any atom is -0.481 e. The van der Waals surface area contributed by atoms with Crippen LogP contribution in [0.4, 0.5) is 0 Å². The first kappa shape index (κ1) is 14.5. The van der Waals surface area contributed by atoms with Gasteiger partial charge in [0.05, 0.1) is 5.60 Å². The molecule has 0 radical (unpaired) electrons. The quantitative estimate of drug-likeness (QED) is 0.785. The van der Waals surface area contributed by atoms with Crippen molar-refractivity contribution < 1.29 is 24.5 Å². The SMILES string of the molecule is CC(C)(C)OC(O)c1ccccc1OCC(=O)O. The van der Waals surface area contributed by atoms with Gasteiger partial charge in [-0.15, -0.1) is 0 Å². The molecule has 1 unspecified atom stereocenters. The minimum atomic E-state index is -1.16. The molecule has 0 aromatic heterocycles. The highest BCUT2D eigenvalue weighted by molar-refractivity contribution is 5.68. The van der Waals surface area contributed by atoms with Gasteiger partial charge in [0.1, 0.15) is 5.75 Å². The van der Waals surface area contributed by atoms with Crippen LogP contribution in [0.5, 0.6) is 5.75 Å². The lowest BCUT2D eigenvalue weighted by Gasteiger charge is -2.25. The number of carbonyl (C=O) groups is 1. The van der Waals surface area contributed by atoms with E-state index in [1.165, 1.54) is 0 Å². The van der Waals surface area contributed by atoms with Crippen LogP contribution in [0.15, 0.2) is 24.3 Å². The van der Waals surface area contributed by atoms with E-state index >= 15 is 0 Å². The van der Waals surface area contributed by atoms with Crippen LogP contribution in [-0.2, 0) is 9.53 Å². The third kappa shape index (κ3) is 4.73. The van der Waals surface area contributed by atoms with Gasteiger partial charge in [-0.2, -0.15) is 0 Å². The van der Waals surface area contributed by atoms with Crippen LogP contribution in [0.2, 0.25) is 0 Å². The highest BCUT2D eigenvalue weighted by Gasteiger charge is 2.21. The maximum atomic E-state index is 10.5. The molecule has 0 aliphatic heterocycles. The fourth-order valence-electron chi connectivity index (χ4n) is 1.35. The van der Waals surface area contributed by atoms with Crippen LogP contribution < -0.4 is 4.74 Å². The van der Waals surface area contributed by atoms with Crippen molar-refractivity contribution in [3.8, 4) is 5.75 Å². The molecule has 0 aliphatic rings. The molecule has 100 valence electrons. The Labute approximate surface area is 106 Å². The van der Waals surface area contributed by atoms with Crippen molar-refractivity contribution in [2.75, 3.05) is 6.61 Å². The first-order chi connectivity index (χ1) is 8.29. The Morgan fingerprint density at radius 3 is 2.50 bits per heavy atom. The van der Waals surface area contributed by atoms with E-state index in [-0.39, 0.29) is 0 Å². The Hall–Kier alpha value is -1.59. The number of aliphatic hydroxyl groups excluding tert-OH is 1. The standard InChI is InChI=1S/C13H18O5/c1-13(2,3)18-12(16)9-6-4-5-7-10(9)17-8-11(14)15/h4-7,12,16H,8H2,1-3H3,(H,14,15). The van der Waals surface area contributed by atoms with Crippen LogP contribution in [-0.4, -0.2) is 28.4 Å². The molecule has 0 saturated heterocycles. The van der Waals surface area contributed by atoms with E-state index in [1.807, 2.05) is 20.8 Å². The van der Waals surface area contributed by atoms with Gasteiger partial charge in [-0.1, -0.05) is 18.2 Å². The van der Waals surface area contributed by atoms with E-state index in [0.717, 1.165) is 0 Å². The van der Waals surface area contributed by atoms with E-state index in [1.54, 1.807) is 24.3 Å². The van der Waals surface area contributed by atoms with Gasteiger partial charge in [0.25, 0.3) is 0 Å². The number of hydrogen-bond donors (Lipinski definition) is 2. The van der Waals surface area contributed by atoms with Gasteiger partial charge in [0.2, 0.25) is 0 Å². The number of carboxylic acid groups (broad SMARTS) is 1. The summed E-state index contributed by atoms with van der Waals surface area (Å²) in [5.74, 6) is -0.771. The second-order valence-corrected chi connectivity index (χ2v) is 4.80. The molecule has 1 atom stereocenters. The van der Waals surface area contributed by atoms with Crippen molar-refractivity contribution in [1.82, 2.24) is 0 Å². The van der Waals surface area contributed by atoms with Crippen molar-refractivity contribution in [1.29, 1.82) is 0 Å². The molecule has 0 bridgehead atoms. The van der Waals surface area contributed by atoms with Crippen LogP contribution >= 0.6 is 0 Å². The maximum Gasteiger partial charge on any atom is 0.341 e. The lowest BCUT2D eigenvalue weighted by Crippen LogP contribution is -2.23. The third-order valence-electron chi connectivity index (χ3n) is 2.00. The smallest absolute Gasteiger partial charge is 0.341 e. The molecule has 0 amide bonds. The monoisotopic (exact) mass is 254 g/mol. The lowest BCUT2D eigenvalue weighted by atomic mass is 10.1. The molecule has 18 heavy (non-hydrogen) atoms. The zero-order valence-electron chi connectivity index (χ0n) is 10.7. The molecule has 0 saturated carbocycles. The molecule has 1 aromatic carbocycles. The molecule has 1 aromatic rings. The normalized spacial score (nSPS) is 13.1. The van der Waals surface area contributed by atoms with E-state index in [2.05, 4.69) is 0 Å². The summed E-state index contributed by atoms with van der Waals surface area (Å²) >= 11 is 0. The van der Waals surface area contributed by atoms with Gasteiger partial charge in [0, 0.05) is 5.56 Å². The first-order valence-corrected chi connectivity index (χ1v) is 5.59. The highest BCUT2D eigenvalue weighted by atomic mass is 16.6. The molecule has 0 spiro atoms. The van der Waals surface area contributed by atoms with E-state index in [0.29, 0.717) is 11.3 Å². The molecule has 0 aliphatic carbocycles. The maximum absolute atomic E-state index is 10.5. The van der Waals surface area contributed by atoms with Crippen LogP contribution in [0, 0.1) is 0 Å². The van der Waals surface area contributed by atoms with Crippen LogP contribution in [0.3, 0.4) is 0 Å². The van der Waals surface area contributed by atoms with Gasteiger partial charge in [-0.3, -0.25) is 0 Å². The Kier molecular flexibility index (Phi) is 4.69. The van der Waals surface area contributed by atoms with Crippen LogP contribution in [0.1, 0.15) is 32.6 Å². The summed E-state index contributed by atoms with van der Waals surface area (Å²) in [6.07, 6.45) is -1.16. The second kappa shape index (κ2) is 5.84.